The Morgan fingerprint density at radius 3 is 2.13 bits per heavy atom. The lowest BCUT2D eigenvalue weighted by molar-refractivity contribution is -0.127. The summed E-state index contributed by atoms with van der Waals surface area (Å²) >= 11 is 0. The van der Waals surface area contributed by atoms with Crippen LogP contribution in [0.2, 0.25) is 36.3 Å². The van der Waals surface area contributed by atoms with Crippen molar-refractivity contribution in [1.82, 2.24) is 0 Å². The number of hydrogen-bond donors (Lipinski definition) is 1. The summed E-state index contributed by atoms with van der Waals surface area (Å²) in [5.41, 5.74) is 4.07. The molecule has 4 rings (SSSR count). The van der Waals surface area contributed by atoms with Crippen molar-refractivity contribution >= 4 is 22.4 Å². The third kappa shape index (κ3) is 10.6. The third-order valence-electron chi connectivity index (χ3n) is 15.9. The number of rotatable bonds is 17. The van der Waals surface area contributed by atoms with Gasteiger partial charge in [0.2, 0.25) is 0 Å². The summed E-state index contributed by atoms with van der Waals surface area (Å²) in [6, 6.07) is 0. The van der Waals surface area contributed by atoms with E-state index in [1.54, 1.807) is 5.57 Å². The van der Waals surface area contributed by atoms with E-state index in [0.29, 0.717) is 24.0 Å². The summed E-state index contributed by atoms with van der Waals surface area (Å²) in [6.45, 7) is 35.1. The fourth-order valence-corrected chi connectivity index (χ4v) is 12.5. The summed E-state index contributed by atoms with van der Waals surface area (Å²) in [4.78, 5) is 13.6. The van der Waals surface area contributed by atoms with Crippen LogP contribution < -0.4 is 0 Å². The molecule has 4 saturated carbocycles. The molecule has 0 amide bonds. The molecule has 0 radical (unpaired) electrons. The molecular formula is C47H84O4Si2. The smallest absolute Gasteiger partial charge is 0.192 e. The second-order valence-corrected chi connectivity index (χ2v) is 31.2. The molecule has 4 aliphatic rings. The Morgan fingerprint density at radius 1 is 0.925 bits per heavy atom. The van der Waals surface area contributed by atoms with E-state index < -0.39 is 22.7 Å². The molecule has 0 heterocycles. The zero-order valence-electron chi connectivity index (χ0n) is 37.0. The van der Waals surface area contributed by atoms with Gasteiger partial charge < -0.3 is 14.0 Å². The van der Waals surface area contributed by atoms with Gasteiger partial charge in [-0.15, -0.1) is 0 Å². The first-order valence-electron chi connectivity index (χ1n) is 22.1. The molecule has 7 atom stereocenters. The molecule has 0 aliphatic heterocycles. The van der Waals surface area contributed by atoms with Crippen molar-refractivity contribution in [1.29, 1.82) is 0 Å². The minimum atomic E-state index is -2.02. The second-order valence-electron chi connectivity index (χ2n) is 21.7. The van der Waals surface area contributed by atoms with Crippen molar-refractivity contribution in [2.75, 3.05) is 0 Å². The molecule has 304 valence electrons. The predicted molar refractivity (Wildman–Crippen MR) is 231 cm³/mol. The number of allylic oxidation sites excluding steroid dienone is 3. The monoisotopic (exact) mass is 769 g/mol. The highest BCUT2D eigenvalue weighted by Crippen LogP contribution is 2.60. The number of fused-ring (bicyclic) bond motifs is 1. The number of carbonyl (C=O) groups is 1. The van der Waals surface area contributed by atoms with Gasteiger partial charge in [-0.2, -0.15) is 0 Å². The molecule has 0 bridgehead atoms. The van der Waals surface area contributed by atoms with E-state index in [0.717, 1.165) is 56.9 Å². The highest BCUT2D eigenvalue weighted by atomic mass is 28.4. The zero-order chi connectivity index (χ0) is 39.6. The van der Waals surface area contributed by atoms with Gasteiger partial charge in [-0.1, -0.05) is 125 Å². The topological polar surface area (TPSA) is 55.8 Å². The van der Waals surface area contributed by atoms with Gasteiger partial charge in [0.25, 0.3) is 0 Å². The molecule has 4 nitrogen and oxygen atoms in total. The Labute approximate surface area is 330 Å². The quantitative estimate of drug-likeness (QED) is 0.118. The van der Waals surface area contributed by atoms with Gasteiger partial charge >= 0.3 is 0 Å². The Bertz CT molecular complexity index is 1320. The van der Waals surface area contributed by atoms with Crippen LogP contribution >= 0.6 is 0 Å². The van der Waals surface area contributed by atoms with Crippen LogP contribution in [-0.4, -0.2) is 45.8 Å². The largest absolute Gasteiger partial charge is 0.413 e. The summed E-state index contributed by atoms with van der Waals surface area (Å²) in [6.07, 6.45) is 23.2. The molecule has 53 heavy (non-hydrogen) atoms. The highest BCUT2D eigenvalue weighted by Gasteiger charge is 2.53. The average molecular weight is 769 g/mol. The lowest BCUT2D eigenvalue weighted by Crippen LogP contribution is -2.49. The molecule has 0 aromatic rings. The SMILES string of the molecule is C=C1C(=CC=C2CCC[C@]3(C)[C@@H]([C@H](C)C(O)CC(=O)C4(CCCCCCCC)CC4)CC[C@@H]23)C[C@@H](O[Si](C)(C)C(C)(C)C)C[C@@H]1O[Si](C)(C)C(C)(C)C. The molecule has 0 aromatic carbocycles. The highest BCUT2D eigenvalue weighted by molar-refractivity contribution is 6.74. The molecular weight excluding hydrogens is 685 g/mol. The zero-order valence-corrected chi connectivity index (χ0v) is 39.0. The van der Waals surface area contributed by atoms with E-state index in [1.807, 2.05) is 0 Å². The lowest BCUT2D eigenvalue weighted by atomic mass is 9.60. The number of ketones is 1. The molecule has 0 saturated heterocycles. The van der Waals surface area contributed by atoms with Gasteiger partial charge in [-0.3, -0.25) is 4.79 Å². The fourth-order valence-electron chi connectivity index (χ4n) is 9.83. The van der Waals surface area contributed by atoms with E-state index in [4.69, 9.17) is 15.4 Å². The first-order valence-corrected chi connectivity index (χ1v) is 28.0. The van der Waals surface area contributed by atoms with Crippen LogP contribution in [0.1, 0.15) is 171 Å². The van der Waals surface area contributed by atoms with Crippen LogP contribution in [0.5, 0.6) is 0 Å². The van der Waals surface area contributed by atoms with Gasteiger partial charge in [0.1, 0.15) is 5.78 Å². The van der Waals surface area contributed by atoms with E-state index in [9.17, 15) is 9.90 Å². The van der Waals surface area contributed by atoms with Crippen LogP contribution in [0.4, 0.5) is 0 Å². The number of carbonyl (C=O) groups excluding carboxylic acids is 1. The number of aliphatic hydroxyl groups excluding tert-OH is 1. The summed E-state index contributed by atoms with van der Waals surface area (Å²) in [5, 5.41) is 11.9. The number of Topliss-reactive ketones (excluding diaryl/α,β-unsaturated/α-hetero) is 1. The van der Waals surface area contributed by atoms with Crippen LogP contribution in [0.25, 0.3) is 0 Å². The second kappa shape index (κ2) is 17.4. The Morgan fingerprint density at radius 2 is 1.53 bits per heavy atom. The molecule has 0 aromatic heterocycles. The minimum Gasteiger partial charge on any atom is -0.413 e. The van der Waals surface area contributed by atoms with E-state index >= 15 is 0 Å². The van der Waals surface area contributed by atoms with E-state index in [-0.39, 0.29) is 39.0 Å². The van der Waals surface area contributed by atoms with E-state index in [1.165, 1.54) is 56.9 Å². The predicted octanol–water partition coefficient (Wildman–Crippen LogP) is 13.7. The van der Waals surface area contributed by atoms with Crippen molar-refractivity contribution in [3.8, 4) is 0 Å². The van der Waals surface area contributed by atoms with Crippen molar-refractivity contribution in [3.63, 3.8) is 0 Å². The first kappa shape index (κ1) is 44.9. The minimum absolute atomic E-state index is 0.0119. The van der Waals surface area contributed by atoms with Crippen LogP contribution in [0, 0.1) is 28.6 Å². The van der Waals surface area contributed by atoms with Crippen molar-refractivity contribution < 1.29 is 18.8 Å². The van der Waals surface area contributed by atoms with Gasteiger partial charge in [-0.05, 0) is 128 Å². The standard InChI is InChI=1S/C47H84O4Si2/c1-15-16-17-18-19-20-28-47(29-30-47)43(49)33-41(48)35(3)39-25-26-40-36(22-21-27-46(39,40)10)23-24-37-31-38(50-52(11,12)44(4,5)6)32-42(34(37)2)51-53(13,14)45(7,8)9/h23-24,35,38-42,48H,2,15-22,25-33H2,1,3-14H3/t35-,38+,39+,40-,41?,42-,46+/m0/s1. The van der Waals surface area contributed by atoms with Crippen LogP contribution in [0.15, 0.2) is 35.5 Å². The Hall–Kier alpha value is -0.796. The number of hydrogen-bond acceptors (Lipinski definition) is 4. The van der Waals surface area contributed by atoms with Gasteiger partial charge in [-0.25, -0.2) is 0 Å². The molecule has 1 unspecified atom stereocenters. The van der Waals surface area contributed by atoms with Crippen LogP contribution in [-0.2, 0) is 13.6 Å². The molecule has 4 aliphatic carbocycles. The Balaban J connectivity index is 1.47. The summed E-state index contributed by atoms with van der Waals surface area (Å²) in [7, 11) is -3.99. The first-order chi connectivity index (χ1) is 24.5. The van der Waals surface area contributed by atoms with Crippen molar-refractivity contribution in [2.24, 2.45) is 28.6 Å². The van der Waals surface area contributed by atoms with Gasteiger partial charge in [0.05, 0.1) is 18.3 Å². The molecule has 6 heteroatoms. The lowest BCUT2D eigenvalue weighted by Gasteiger charge is -2.46. The fraction of sp³-hybridized carbons (Fsp3) is 0.851. The Kier molecular flexibility index (Phi) is 14.7. The van der Waals surface area contributed by atoms with Crippen LogP contribution in [0.3, 0.4) is 0 Å². The van der Waals surface area contributed by atoms with Gasteiger partial charge in [0, 0.05) is 18.3 Å². The van der Waals surface area contributed by atoms with Gasteiger partial charge in [0.15, 0.2) is 16.6 Å². The summed E-state index contributed by atoms with van der Waals surface area (Å²) < 4.78 is 14.2. The average Bonchev–Trinajstić information content (AvgIpc) is 3.75. The van der Waals surface area contributed by atoms with E-state index in [2.05, 4.69) is 101 Å². The van der Waals surface area contributed by atoms with Crippen molar-refractivity contribution in [3.05, 3.63) is 35.5 Å². The normalized spacial score (nSPS) is 30.8. The maximum absolute atomic E-state index is 13.6. The van der Waals surface area contributed by atoms with Crippen molar-refractivity contribution in [2.45, 2.75) is 226 Å². The summed E-state index contributed by atoms with van der Waals surface area (Å²) in [5.74, 6) is 1.45. The maximum atomic E-state index is 13.6. The molecule has 4 fully saturated rings. The maximum Gasteiger partial charge on any atom is 0.192 e. The number of unbranched alkanes of at least 4 members (excludes halogenated alkanes) is 5. The molecule has 1 N–H and O–H groups in total. The molecule has 0 spiro atoms. The third-order valence-corrected chi connectivity index (χ3v) is 24.9. The number of aliphatic hydroxyl groups is 1.